The van der Waals surface area contributed by atoms with Gasteiger partial charge < -0.3 is 9.73 Å². The van der Waals surface area contributed by atoms with Crippen molar-refractivity contribution in [1.82, 2.24) is 5.32 Å². The van der Waals surface area contributed by atoms with Gasteiger partial charge in [-0.3, -0.25) is 0 Å². The first-order chi connectivity index (χ1) is 6.08. The fraction of sp³-hybridized carbons (Fsp3) is 0.636. The summed E-state index contributed by atoms with van der Waals surface area (Å²) in [5.74, 6) is 1.08. The number of furan rings is 1. The van der Waals surface area contributed by atoms with Crippen LogP contribution in [-0.2, 0) is 6.42 Å². The van der Waals surface area contributed by atoms with E-state index in [0.717, 1.165) is 25.1 Å². The second kappa shape index (κ2) is 4.47. The molecule has 1 aromatic heterocycles. The fourth-order valence-electron chi connectivity index (χ4n) is 1.18. The molecule has 1 heterocycles. The molecular weight excluding hydrogens is 162 g/mol. The maximum Gasteiger partial charge on any atom is 0.103 e. The molecule has 0 amide bonds. The van der Waals surface area contributed by atoms with E-state index in [1.807, 2.05) is 12.1 Å². The van der Waals surface area contributed by atoms with Gasteiger partial charge in [0.1, 0.15) is 5.76 Å². The minimum atomic E-state index is 0.225. The molecule has 0 aromatic carbocycles. The Morgan fingerprint density at radius 1 is 1.38 bits per heavy atom. The molecule has 0 fully saturated rings. The Kier molecular flexibility index (Phi) is 3.55. The van der Waals surface area contributed by atoms with Crippen molar-refractivity contribution in [2.45, 2.75) is 39.2 Å². The summed E-state index contributed by atoms with van der Waals surface area (Å²) in [6.07, 6.45) is 3.88. The predicted octanol–water partition coefficient (Wildman–Crippen LogP) is 2.60. The third-order valence-electron chi connectivity index (χ3n) is 1.84. The molecule has 0 radical (unpaired) electrons. The van der Waals surface area contributed by atoms with E-state index >= 15 is 0 Å². The van der Waals surface area contributed by atoms with Crippen molar-refractivity contribution < 1.29 is 4.42 Å². The van der Waals surface area contributed by atoms with Crippen molar-refractivity contribution in [3.05, 3.63) is 24.2 Å². The molecule has 13 heavy (non-hydrogen) atoms. The van der Waals surface area contributed by atoms with Crippen LogP contribution in [0.25, 0.3) is 0 Å². The number of aryl methyl sites for hydroxylation is 1. The highest BCUT2D eigenvalue weighted by Crippen LogP contribution is 2.04. The lowest BCUT2D eigenvalue weighted by Gasteiger charge is -2.20. The minimum Gasteiger partial charge on any atom is -0.469 e. The van der Waals surface area contributed by atoms with Gasteiger partial charge in [0.2, 0.25) is 0 Å². The van der Waals surface area contributed by atoms with E-state index < -0.39 is 0 Å². The van der Waals surface area contributed by atoms with E-state index in [-0.39, 0.29) is 5.54 Å². The van der Waals surface area contributed by atoms with Gasteiger partial charge in [0.05, 0.1) is 6.26 Å². The molecule has 0 spiro atoms. The van der Waals surface area contributed by atoms with Crippen molar-refractivity contribution in [2.75, 3.05) is 6.54 Å². The third kappa shape index (κ3) is 4.73. The summed E-state index contributed by atoms with van der Waals surface area (Å²) < 4.78 is 5.24. The van der Waals surface area contributed by atoms with E-state index in [1.165, 1.54) is 0 Å². The molecule has 0 bridgehead atoms. The molecule has 1 N–H and O–H groups in total. The lowest BCUT2D eigenvalue weighted by atomic mass is 10.1. The second-order valence-electron chi connectivity index (χ2n) is 4.36. The number of hydrogen-bond acceptors (Lipinski definition) is 2. The van der Waals surface area contributed by atoms with E-state index in [4.69, 9.17) is 4.42 Å². The lowest BCUT2D eigenvalue weighted by molar-refractivity contribution is 0.414. The first-order valence-corrected chi connectivity index (χ1v) is 4.85. The highest BCUT2D eigenvalue weighted by atomic mass is 16.3. The largest absolute Gasteiger partial charge is 0.469 e. The topological polar surface area (TPSA) is 25.2 Å². The van der Waals surface area contributed by atoms with Gasteiger partial charge in [0, 0.05) is 12.0 Å². The first-order valence-electron chi connectivity index (χ1n) is 4.85. The Balaban J connectivity index is 2.09. The molecule has 1 rings (SSSR count). The maximum absolute atomic E-state index is 5.24. The van der Waals surface area contributed by atoms with Crippen LogP contribution >= 0.6 is 0 Å². The molecule has 0 atom stereocenters. The average Bonchev–Trinajstić information content (AvgIpc) is 2.48. The Morgan fingerprint density at radius 2 is 2.15 bits per heavy atom. The van der Waals surface area contributed by atoms with E-state index in [9.17, 15) is 0 Å². The molecule has 0 saturated heterocycles. The van der Waals surface area contributed by atoms with Crippen molar-refractivity contribution in [1.29, 1.82) is 0 Å². The van der Waals surface area contributed by atoms with E-state index in [1.54, 1.807) is 6.26 Å². The standard InChI is InChI=1S/C11H19NO/c1-11(2,3)12-8-4-6-10-7-5-9-13-10/h5,7,9,12H,4,6,8H2,1-3H3. The van der Waals surface area contributed by atoms with Crippen molar-refractivity contribution >= 4 is 0 Å². The average molecular weight is 181 g/mol. The van der Waals surface area contributed by atoms with Gasteiger partial charge in [-0.25, -0.2) is 0 Å². The summed E-state index contributed by atoms with van der Waals surface area (Å²) in [6.45, 7) is 7.59. The molecule has 0 aliphatic heterocycles. The van der Waals surface area contributed by atoms with E-state index in [0.29, 0.717) is 0 Å². The second-order valence-corrected chi connectivity index (χ2v) is 4.36. The van der Waals surface area contributed by atoms with Crippen LogP contribution in [0.2, 0.25) is 0 Å². The summed E-state index contributed by atoms with van der Waals surface area (Å²) >= 11 is 0. The summed E-state index contributed by atoms with van der Waals surface area (Å²) in [4.78, 5) is 0. The van der Waals surface area contributed by atoms with Crippen LogP contribution < -0.4 is 5.32 Å². The molecule has 2 heteroatoms. The van der Waals surface area contributed by atoms with Crippen LogP contribution in [0.5, 0.6) is 0 Å². The Morgan fingerprint density at radius 3 is 2.69 bits per heavy atom. The molecule has 74 valence electrons. The summed E-state index contributed by atoms with van der Waals surface area (Å²) in [6, 6.07) is 3.96. The zero-order valence-corrected chi connectivity index (χ0v) is 8.76. The zero-order chi connectivity index (χ0) is 9.73. The van der Waals surface area contributed by atoms with Gasteiger partial charge in [-0.2, -0.15) is 0 Å². The van der Waals surface area contributed by atoms with Crippen LogP contribution in [0, 0.1) is 0 Å². The SMILES string of the molecule is CC(C)(C)NCCCc1ccco1. The lowest BCUT2D eigenvalue weighted by Crippen LogP contribution is -2.36. The molecular formula is C11H19NO. The summed E-state index contributed by atoms with van der Waals surface area (Å²) in [5, 5.41) is 3.44. The monoisotopic (exact) mass is 181 g/mol. The molecule has 1 aromatic rings. The van der Waals surface area contributed by atoms with Crippen LogP contribution in [0.15, 0.2) is 22.8 Å². The summed E-state index contributed by atoms with van der Waals surface area (Å²) in [7, 11) is 0. The van der Waals surface area contributed by atoms with Crippen LogP contribution in [0.4, 0.5) is 0 Å². The molecule has 2 nitrogen and oxygen atoms in total. The smallest absolute Gasteiger partial charge is 0.103 e. The highest BCUT2D eigenvalue weighted by molar-refractivity contribution is 4.97. The Bertz CT molecular complexity index is 221. The Hall–Kier alpha value is -0.760. The van der Waals surface area contributed by atoms with Gasteiger partial charge in [-0.1, -0.05) is 0 Å². The molecule has 0 aliphatic carbocycles. The van der Waals surface area contributed by atoms with Gasteiger partial charge in [0.15, 0.2) is 0 Å². The zero-order valence-electron chi connectivity index (χ0n) is 8.76. The molecule has 0 saturated carbocycles. The van der Waals surface area contributed by atoms with Gasteiger partial charge in [0.25, 0.3) is 0 Å². The van der Waals surface area contributed by atoms with Crippen LogP contribution in [0.3, 0.4) is 0 Å². The maximum atomic E-state index is 5.24. The predicted molar refractivity (Wildman–Crippen MR) is 54.8 cm³/mol. The highest BCUT2D eigenvalue weighted by Gasteiger charge is 2.07. The number of nitrogens with one attached hydrogen (secondary N) is 1. The quantitative estimate of drug-likeness (QED) is 0.722. The van der Waals surface area contributed by atoms with Crippen molar-refractivity contribution in [3.8, 4) is 0 Å². The normalized spacial score (nSPS) is 11.9. The minimum absolute atomic E-state index is 0.225. The molecule has 0 unspecified atom stereocenters. The summed E-state index contributed by atoms with van der Waals surface area (Å²) in [5.41, 5.74) is 0.225. The first kappa shape index (κ1) is 10.3. The van der Waals surface area contributed by atoms with Crippen LogP contribution in [-0.4, -0.2) is 12.1 Å². The van der Waals surface area contributed by atoms with Crippen LogP contribution in [0.1, 0.15) is 33.0 Å². The van der Waals surface area contributed by atoms with Gasteiger partial charge >= 0.3 is 0 Å². The number of rotatable bonds is 4. The van der Waals surface area contributed by atoms with Gasteiger partial charge in [-0.05, 0) is 45.9 Å². The third-order valence-corrected chi connectivity index (χ3v) is 1.84. The number of hydrogen-bond donors (Lipinski definition) is 1. The molecule has 0 aliphatic rings. The van der Waals surface area contributed by atoms with Crippen molar-refractivity contribution in [3.63, 3.8) is 0 Å². The van der Waals surface area contributed by atoms with E-state index in [2.05, 4.69) is 26.1 Å². The van der Waals surface area contributed by atoms with Crippen molar-refractivity contribution in [2.24, 2.45) is 0 Å². The van der Waals surface area contributed by atoms with Gasteiger partial charge in [-0.15, -0.1) is 0 Å². The fourth-order valence-corrected chi connectivity index (χ4v) is 1.18. The Labute approximate surface area is 80.3 Å².